The van der Waals surface area contributed by atoms with Gasteiger partial charge in [0.2, 0.25) is 0 Å². The number of aromatic nitrogens is 1. The highest BCUT2D eigenvalue weighted by Gasteiger charge is 2.14. The van der Waals surface area contributed by atoms with E-state index in [0.717, 1.165) is 32.7 Å². The number of benzene rings is 2. The quantitative estimate of drug-likeness (QED) is 0.357. The minimum absolute atomic E-state index is 0.0242. The number of nitrogens with one attached hydrogen (secondary N) is 1. The molecule has 0 radical (unpaired) electrons. The smallest absolute Gasteiger partial charge is 0.266 e. The molecule has 1 N–H and O–H groups in total. The van der Waals surface area contributed by atoms with Crippen LogP contribution in [0, 0.1) is 32.1 Å². The molecule has 1 heterocycles. The third-order valence-electron chi connectivity index (χ3n) is 4.63. The van der Waals surface area contributed by atoms with Crippen LogP contribution in [0.5, 0.6) is 0 Å². The molecule has 3 rings (SSSR count). The van der Waals surface area contributed by atoms with Gasteiger partial charge in [0, 0.05) is 32.3 Å². The minimum Gasteiger partial charge on any atom is -0.321 e. The second-order valence-corrected chi connectivity index (χ2v) is 8.05. The van der Waals surface area contributed by atoms with Crippen molar-refractivity contribution < 1.29 is 4.79 Å². The maximum absolute atomic E-state index is 12.6. The monoisotopic (exact) mass is 467 g/mol. The number of hydrogen-bond acceptors (Lipinski definition) is 2. The van der Waals surface area contributed by atoms with Gasteiger partial charge in [-0.2, -0.15) is 5.26 Å². The number of nitriles is 1. The predicted molar refractivity (Wildman–Crippen MR) is 121 cm³/mol. The van der Waals surface area contributed by atoms with Crippen molar-refractivity contribution in [3.8, 4) is 11.8 Å². The second kappa shape index (κ2) is 8.69. The number of halogens is 2. The highest BCUT2D eigenvalue weighted by Crippen LogP contribution is 2.25. The Bertz CT molecular complexity index is 1170. The van der Waals surface area contributed by atoms with Crippen molar-refractivity contribution in [1.29, 1.82) is 5.26 Å². The van der Waals surface area contributed by atoms with Crippen molar-refractivity contribution in [3.05, 3.63) is 86.1 Å². The number of nitrogens with zero attached hydrogens (tertiary/aromatic N) is 2. The molecule has 0 fully saturated rings. The zero-order chi connectivity index (χ0) is 21.1. The Hall–Kier alpha value is -2.81. The lowest BCUT2D eigenvalue weighted by molar-refractivity contribution is -0.112. The number of aryl methyl sites for hydroxylation is 2. The summed E-state index contributed by atoms with van der Waals surface area (Å²) in [7, 11) is 0. The van der Waals surface area contributed by atoms with Crippen molar-refractivity contribution >= 4 is 45.2 Å². The van der Waals surface area contributed by atoms with Crippen molar-refractivity contribution in [3.63, 3.8) is 0 Å². The molecule has 3 aromatic rings. The molecule has 0 atom stereocenters. The van der Waals surface area contributed by atoms with Gasteiger partial charge >= 0.3 is 0 Å². The van der Waals surface area contributed by atoms with Gasteiger partial charge in [0.05, 0.1) is 0 Å². The van der Waals surface area contributed by atoms with E-state index in [2.05, 4.69) is 25.8 Å². The van der Waals surface area contributed by atoms with Crippen LogP contribution in [0.3, 0.4) is 0 Å². The van der Waals surface area contributed by atoms with Crippen LogP contribution < -0.4 is 5.32 Å². The largest absolute Gasteiger partial charge is 0.321 e. The van der Waals surface area contributed by atoms with Crippen LogP contribution in [0.4, 0.5) is 5.69 Å². The first-order valence-electron chi connectivity index (χ1n) is 8.94. The van der Waals surface area contributed by atoms with Gasteiger partial charge in [-0.05, 0) is 74.4 Å². The molecule has 146 valence electrons. The van der Waals surface area contributed by atoms with Crippen LogP contribution in [-0.4, -0.2) is 10.5 Å². The maximum Gasteiger partial charge on any atom is 0.266 e. The van der Waals surface area contributed by atoms with Crippen LogP contribution in [0.2, 0.25) is 5.02 Å². The number of rotatable bonds is 4. The molecule has 6 heteroatoms. The second-order valence-electron chi connectivity index (χ2n) is 6.73. The Kier molecular flexibility index (Phi) is 6.26. The van der Waals surface area contributed by atoms with Crippen LogP contribution >= 0.6 is 27.5 Å². The first-order valence-corrected chi connectivity index (χ1v) is 10.1. The number of hydrogen-bond donors (Lipinski definition) is 1. The van der Waals surface area contributed by atoms with E-state index in [4.69, 9.17) is 11.6 Å². The summed E-state index contributed by atoms with van der Waals surface area (Å²) >= 11 is 9.61. The number of anilines is 1. The first-order chi connectivity index (χ1) is 13.8. The molecule has 4 nitrogen and oxygen atoms in total. The maximum atomic E-state index is 12.6. The fourth-order valence-electron chi connectivity index (χ4n) is 3.12. The number of amides is 1. The van der Waals surface area contributed by atoms with Crippen molar-refractivity contribution in [2.75, 3.05) is 5.32 Å². The summed E-state index contributed by atoms with van der Waals surface area (Å²) in [5.41, 5.74) is 5.26. The Labute approximate surface area is 183 Å². The third-order valence-corrected chi connectivity index (χ3v) is 5.53. The zero-order valence-corrected chi connectivity index (χ0v) is 18.6. The normalized spacial score (nSPS) is 11.2. The van der Waals surface area contributed by atoms with E-state index in [1.165, 1.54) is 0 Å². The van der Waals surface area contributed by atoms with Crippen LogP contribution in [0.1, 0.15) is 22.5 Å². The zero-order valence-electron chi connectivity index (χ0n) is 16.3. The summed E-state index contributed by atoms with van der Waals surface area (Å²) in [6.45, 7) is 5.84. The van der Waals surface area contributed by atoms with E-state index < -0.39 is 5.91 Å². The van der Waals surface area contributed by atoms with Crippen molar-refractivity contribution in [2.45, 2.75) is 20.8 Å². The van der Waals surface area contributed by atoms with Crippen molar-refractivity contribution in [2.24, 2.45) is 0 Å². The molecule has 0 aliphatic rings. The van der Waals surface area contributed by atoms with Crippen LogP contribution in [-0.2, 0) is 4.79 Å². The number of carbonyl (C=O) groups excluding carboxylic acids is 1. The highest BCUT2D eigenvalue weighted by atomic mass is 79.9. The molecule has 0 saturated carbocycles. The third kappa shape index (κ3) is 4.61. The molecular weight excluding hydrogens is 450 g/mol. The standard InChI is InChI=1S/C23H19BrClN3O/c1-14-7-8-20(12-22(14)25)27-23(29)18(13-26)10-17-9-15(2)28(16(17)3)21-6-4-5-19(24)11-21/h4-12H,1-3H3,(H,27,29)/b18-10-. The Morgan fingerprint density at radius 1 is 1.17 bits per heavy atom. The SMILES string of the molecule is Cc1ccc(NC(=O)/C(C#N)=C\c2cc(C)n(-c3cccc(Br)c3)c2C)cc1Cl. The lowest BCUT2D eigenvalue weighted by Crippen LogP contribution is -2.13. The summed E-state index contributed by atoms with van der Waals surface area (Å²) in [4.78, 5) is 12.6. The molecule has 0 unspecified atom stereocenters. The fourth-order valence-corrected chi connectivity index (χ4v) is 3.69. The van der Waals surface area contributed by atoms with Gasteiger partial charge < -0.3 is 9.88 Å². The Morgan fingerprint density at radius 2 is 1.93 bits per heavy atom. The van der Waals surface area contributed by atoms with Gasteiger partial charge in [-0.3, -0.25) is 4.79 Å². The van der Waals surface area contributed by atoms with Gasteiger partial charge in [0.15, 0.2) is 0 Å². The topological polar surface area (TPSA) is 57.8 Å². The molecule has 1 aromatic heterocycles. The molecule has 0 aliphatic heterocycles. The molecule has 0 aliphatic carbocycles. The molecule has 0 saturated heterocycles. The highest BCUT2D eigenvalue weighted by molar-refractivity contribution is 9.10. The fraction of sp³-hybridized carbons (Fsp3) is 0.130. The lowest BCUT2D eigenvalue weighted by atomic mass is 10.1. The average molecular weight is 469 g/mol. The van der Waals surface area contributed by atoms with Gasteiger partial charge in [-0.1, -0.05) is 39.7 Å². The summed E-state index contributed by atoms with van der Waals surface area (Å²) in [5, 5.41) is 12.8. The van der Waals surface area contributed by atoms with E-state index in [1.807, 2.05) is 63.2 Å². The average Bonchev–Trinajstić information content (AvgIpc) is 2.95. The molecular formula is C23H19BrClN3O. The lowest BCUT2D eigenvalue weighted by Gasteiger charge is -2.10. The summed E-state index contributed by atoms with van der Waals surface area (Å²) < 4.78 is 3.07. The molecule has 1 amide bonds. The van der Waals surface area contributed by atoms with Crippen molar-refractivity contribution in [1.82, 2.24) is 4.57 Å². The van der Waals surface area contributed by atoms with Crippen LogP contribution in [0.25, 0.3) is 11.8 Å². The van der Waals surface area contributed by atoms with Gasteiger partial charge in [-0.25, -0.2) is 0 Å². The molecule has 0 bridgehead atoms. The molecule has 29 heavy (non-hydrogen) atoms. The van der Waals surface area contributed by atoms with E-state index in [9.17, 15) is 10.1 Å². The molecule has 0 spiro atoms. The first kappa shape index (κ1) is 20.9. The van der Waals surface area contributed by atoms with Gasteiger partial charge in [-0.15, -0.1) is 0 Å². The molecule has 2 aromatic carbocycles. The minimum atomic E-state index is -0.473. The van der Waals surface area contributed by atoms with Gasteiger partial charge in [0.1, 0.15) is 11.6 Å². The summed E-state index contributed by atoms with van der Waals surface area (Å²) in [5.74, 6) is -0.473. The Morgan fingerprint density at radius 3 is 2.59 bits per heavy atom. The summed E-state index contributed by atoms with van der Waals surface area (Å²) in [6.07, 6.45) is 1.61. The van der Waals surface area contributed by atoms with E-state index in [-0.39, 0.29) is 5.57 Å². The van der Waals surface area contributed by atoms with E-state index >= 15 is 0 Å². The van der Waals surface area contributed by atoms with E-state index in [0.29, 0.717) is 10.7 Å². The van der Waals surface area contributed by atoms with Crippen LogP contribution in [0.15, 0.2) is 58.6 Å². The Balaban J connectivity index is 1.93. The van der Waals surface area contributed by atoms with E-state index in [1.54, 1.807) is 18.2 Å². The summed E-state index contributed by atoms with van der Waals surface area (Å²) in [6, 6.07) is 17.2. The van der Waals surface area contributed by atoms with Gasteiger partial charge in [0.25, 0.3) is 5.91 Å². The predicted octanol–water partition coefficient (Wildman–Crippen LogP) is 6.36. The number of carbonyl (C=O) groups is 1.